The first-order valence-electron chi connectivity index (χ1n) is 7.71. The molecule has 0 radical (unpaired) electrons. The third-order valence-corrected chi connectivity index (χ3v) is 3.74. The fourth-order valence-electron chi connectivity index (χ4n) is 2.37. The van der Waals surface area contributed by atoms with E-state index in [1.54, 1.807) is 0 Å². The first-order valence-corrected chi connectivity index (χ1v) is 8.08. The molecule has 0 aromatic heterocycles. The molecule has 1 aromatic carbocycles. The molecule has 1 aliphatic heterocycles. The SMILES string of the molecule is CCNC(=O)CN(CC)Cc1cc(Cl)c2c(c1)OCCCO2. The van der Waals surface area contributed by atoms with Gasteiger partial charge in [-0.3, -0.25) is 9.69 Å². The maximum absolute atomic E-state index is 11.7. The normalized spacial score (nSPS) is 13.8. The molecular formula is C16H23ClN2O3. The van der Waals surface area contributed by atoms with Crippen LogP contribution in [-0.4, -0.2) is 43.7 Å². The highest BCUT2D eigenvalue weighted by Crippen LogP contribution is 2.38. The maximum atomic E-state index is 11.7. The van der Waals surface area contributed by atoms with Gasteiger partial charge in [-0.25, -0.2) is 0 Å². The third kappa shape index (κ3) is 4.52. The molecule has 0 fully saturated rings. The number of carbonyl (C=O) groups is 1. The zero-order valence-electron chi connectivity index (χ0n) is 13.2. The van der Waals surface area contributed by atoms with Crippen molar-refractivity contribution in [3.05, 3.63) is 22.7 Å². The fraction of sp³-hybridized carbons (Fsp3) is 0.562. The number of halogens is 1. The topological polar surface area (TPSA) is 50.8 Å². The van der Waals surface area contributed by atoms with Crippen LogP contribution < -0.4 is 14.8 Å². The van der Waals surface area contributed by atoms with Crippen LogP contribution in [0, 0.1) is 0 Å². The molecular weight excluding hydrogens is 304 g/mol. The van der Waals surface area contributed by atoms with Gasteiger partial charge in [0, 0.05) is 19.5 Å². The first-order chi connectivity index (χ1) is 10.6. The number of ether oxygens (including phenoxy) is 2. The molecule has 1 amide bonds. The molecule has 0 aliphatic carbocycles. The number of likely N-dealkylation sites (N-methyl/N-ethyl adjacent to an activating group) is 2. The molecule has 0 atom stereocenters. The minimum Gasteiger partial charge on any atom is -0.489 e. The number of rotatable bonds is 6. The van der Waals surface area contributed by atoms with Crippen molar-refractivity contribution in [3.8, 4) is 11.5 Å². The van der Waals surface area contributed by atoms with Crippen molar-refractivity contribution in [1.29, 1.82) is 0 Å². The second-order valence-electron chi connectivity index (χ2n) is 5.21. The van der Waals surface area contributed by atoms with Crippen LogP contribution in [0.15, 0.2) is 12.1 Å². The van der Waals surface area contributed by atoms with Crippen LogP contribution >= 0.6 is 11.6 Å². The Kier molecular flexibility index (Phi) is 6.34. The lowest BCUT2D eigenvalue weighted by Crippen LogP contribution is -2.36. The molecule has 0 spiro atoms. The molecule has 1 aromatic rings. The minimum absolute atomic E-state index is 0.0322. The van der Waals surface area contributed by atoms with Gasteiger partial charge in [0.1, 0.15) is 0 Å². The molecule has 2 rings (SSSR count). The van der Waals surface area contributed by atoms with Crippen LogP contribution in [0.2, 0.25) is 5.02 Å². The Labute approximate surface area is 136 Å². The first kappa shape index (κ1) is 16.9. The molecule has 1 N–H and O–H groups in total. The van der Waals surface area contributed by atoms with E-state index >= 15 is 0 Å². The second-order valence-corrected chi connectivity index (χ2v) is 5.62. The summed E-state index contributed by atoms with van der Waals surface area (Å²) in [5.41, 5.74) is 1.01. The number of hydrogen-bond acceptors (Lipinski definition) is 4. The van der Waals surface area contributed by atoms with Crippen LogP contribution in [0.3, 0.4) is 0 Å². The zero-order chi connectivity index (χ0) is 15.9. The van der Waals surface area contributed by atoms with E-state index in [0.717, 1.165) is 18.5 Å². The van der Waals surface area contributed by atoms with Crippen molar-refractivity contribution >= 4 is 17.5 Å². The Bertz CT molecular complexity index is 522. The number of nitrogens with zero attached hydrogens (tertiary/aromatic N) is 1. The second kappa shape index (κ2) is 8.25. The van der Waals surface area contributed by atoms with Crippen molar-refractivity contribution in [2.24, 2.45) is 0 Å². The van der Waals surface area contributed by atoms with E-state index in [-0.39, 0.29) is 5.91 Å². The predicted molar refractivity (Wildman–Crippen MR) is 86.7 cm³/mol. The molecule has 0 bridgehead atoms. The lowest BCUT2D eigenvalue weighted by molar-refractivity contribution is -0.122. The Morgan fingerprint density at radius 3 is 2.82 bits per heavy atom. The summed E-state index contributed by atoms with van der Waals surface area (Å²) in [6, 6.07) is 3.84. The van der Waals surface area contributed by atoms with E-state index in [1.165, 1.54) is 0 Å². The van der Waals surface area contributed by atoms with Gasteiger partial charge in [0.05, 0.1) is 24.8 Å². The van der Waals surface area contributed by atoms with Gasteiger partial charge in [-0.05, 0) is 31.2 Å². The number of fused-ring (bicyclic) bond motifs is 1. The summed E-state index contributed by atoms with van der Waals surface area (Å²) in [5.74, 6) is 1.34. The number of hydrogen-bond donors (Lipinski definition) is 1. The highest BCUT2D eigenvalue weighted by Gasteiger charge is 2.17. The van der Waals surface area contributed by atoms with Crippen LogP contribution in [0.4, 0.5) is 0 Å². The summed E-state index contributed by atoms with van der Waals surface area (Å²) >= 11 is 6.30. The Hall–Kier alpha value is -1.46. The summed E-state index contributed by atoms with van der Waals surface area (Å²) in [6.45, 7) is 7.63. The smallest absolute Gasteiger partial charge is 0.234 e. The maximum Gasteiger partial charge on any atom is 0.234 e. The lowest BCUT2D eigenvalue weighted by Gasteiger charge is -2.21. The average Bonchev–Trinajstić information content (AvgIpc) is 2.72. The number of benzene rings is 1. The van der Waals surface area contributed by atoms with Crippen LogP contribution in [-0.2, 0) is 11.3 Å². The highest BCUT2D eigenvalue weighted by molar-refractivity contribution is 6.32. The van der Waals surface area contributed by atoms with E-state index in [2.05, 4.69) is 10.2 Å². The zero-order valence-corrected chi connectivity index (χ0v) is 13.9. The van der Waals surface area contributed by atoms with E-state index in [0.29, 0.717) is 49.4 Å². The van der Waals surface area contributed by atoms with Crippen LogP contribution in [0.25, 0.3) is 0 Å². The number of nitrogens with one attached hydrogen (secondary N) is 1. The molecule has 1 aliphatic rings. The van der Waals surface area contributed by atoms with Crippen molar-refractivity contribution < 1.29 is 14.3 Å². The van der Waals surface area contributed by atoms with Gasteiger partial charge in [0.2, 0.25) is 5.91 Å². The van der Waals surface area contributed by atoms with Crippen molar-refractivity contribution in [3.63, 3.8) is 0 Å². The molecule has 5 nitrogen and oxygen atoms in total. The third-order valence-electron chi connectivity index (χ3n) is 3.46. The van der Waals surface area contributed by atoms with Crippen molar-refractivity contribution in [2.45, 2.75) is 26.8 Å². The lowest BCUT2D eigenvalue weighted by atomic mass is 10.2. The summed E-state index contributed by atoms with van der Waals surface area (Å²) in [4.78, 5) is 13.8. The summed E-state index contributed by atoms with van der Waals surface area (Å²) in [7, 11) is 0. The van der Waals surface area contributed by atoms with Crippen molar-refractivity contribution in [1.82, 2.24) is 10.2 Å². The number of amides is 1. The number of carbonyl (C=O) groups excluding carboxylic acids is 1. The molecule has 6 heteroatoms. The van der Waals surface area contributed by atoms with Gasteiger partial charge in [-0.1, -0.05) is 18.5 Å². The quantitative estimate of drug-likeness (QED) is 0.872. The Morgan fingerprint density at radius 2 is 2.09 bits per heavy atom. The van der Waals surface area contributed by atoms with Gasteiger partial charge in [0.15, 0.2) is 11.5 Å². The van der Waals surface area contributed by atoms with Gasteiger partial charge >= 0.3 is 0 Å². The summed E-state index contributed by atoms with van der Waals surface area (Å²) in [5, 5.41) is 3.37. The molecule has 122 valence electrons. The van der Waals surface area contributed by atoms with E-state index in [4.69, 9.17) is 21.1 Å². The Morgan fingerprint density at radius 1 is 1.32 bits per heavy atom. The molecule has 0 saturated heterocycles. The molecule has 1 heterocycles. The molecule has 22 heavy (non-hydrogen) atoms. The minimum atomic E-state index is 0.0322. The van der Waals surface area contributed by atoms with Crippen molar-refractivity contribution in [2.75, 3.05) is 32.8 Å². The monoisotopic (exact) mass is 326 g/mol. The molecule has 0 unspecified atom stereocenters. The average molecular weight is 327 g/mol. The van der Waals surface area contributed by atoms with E-state index in [1.807, 2.05) is 26.0 Å². The van der Waals surface area contributed by atoms with E-state index in [9.17, 15) is 4.79 Å². The van der Waals surface area contributed by atoms with Crippen LogP contribution in [0.1, 0.15) is 25.8 Å². The standard InChI is InChI=1S/C16H23ClN2O3/c1-3-18-15(20)11-19(4-2)10-12-8-13(17)16-14(9-12)21-6-5-7-22-16/h8-9H,3-7,10-11H2,1-2H3,(H,18,20). The van der Waals surface area contributed by atoms with Gasteiger partial charge in [-0.15, -0.1) is 0 Å². The van der Waals surface area contributed by atoms with Gasteiger partial charge < -0.3 is 14.8 Å². The van der Waals surface area contributed by atoms with Gasteiger partial charge in [0.25, 0.3) is 0 Å². The predicted octanol–water partition coefficient (Wildman–Crippen LogP) is 2.46. The highest BCUT2D eigenvalue weighted by atomic mass is 35.5. The largest absolute Gasteiger partial charge is 0.489 e. The fourth-order valence-corrected chi connectivity index (χ4v) is 2.66. The molecule has 0 saturated carbocycles. The summed E-state index contributed by atoms with van der Waals surface area (Å²) in [6.07, 6.45) is 0.846. The Balaban J connectivity index is 2.09. The summed E-state index contributed by atoms with van der Waals surface area (Å²) < 4.78 is 11.3. The van der Waals surface area contributed by atoms with Gasteiger partial charge in [-0.2, -0.15) is 0 Å². The van der Waals surface area contributed by atoms with E-state index < -0.39 is 0 Å². The van der Waals surface area contributed by atoms with Crippen LogP contribution in [0.5, 0.6) is 11.5 Å².